The van der Waals surface area contributed by atoms with Crippen LogP contribution in [-0.2, 0) is 11.0 Å². The molecule has 1 N–H and O–H groups in total. The van der Waals surface area contributed by atoms with Crippen LogP contribution in [0.1, 0.15) is 5.56 Å². The van der Waals surface area contributed by atoms with Gasteiger partial charge >= 0.3 is 24.4 Å². The molecule has 0 fully saturated rings. The van der Waals surface area contributed by atoms with Crippen molar-refractivity contribution in [2.24, 2.45) is 0 Å². The number of hydrogen-bond acceptors (Lipinski definition) is 1. The van der Waals surface area contributed by atoms with Crippen LogP contribution in [0.15, 0.2) is 24.3 Å². The molecule has 1 rings (SSSR count). The van der Waals surface area contributed by atoms with Crippen LogP contribution in [0.4, 0.5) is 36.4 Å². The van der Waals surface area contributed by atoms with Crippen LogP contribution >= 0.6 is 0 Å². The van der Waals surface area contributed by atoms with Crippen molar-refractivity contribution in [3.05, 3.63) is 29.8 Å². The lowest BCUT2D eigenvalue weighted by molar-refractivity contribution is -0.163. The molecule has 0 aliphatic carbocycles. The third-order valence-electron chi connectivity index (χ3n) is 2.06. The molecule has 0 heterocycles. The molecule has 0 aliphatic heterocycles. The highest BCUT2D eigenvalue weighted by Gasteiger charge is 2.49. The number of para-hydroxylation sites is 1. The molecular formula is C10H6F7NO. The second kappa shape index (κ2) is 5.06. The summed E-state index contributed by atoms with van der Waals surface area (Å²) in [5.41, 5.74) is -2.42. The van der Waals surface area contributed by atoms with Gasteiger partial charge in [-0.3, -0.25) is 4.79 Å². The first-order valence-corrected chi connectivity index (χ1v) is 4.70. The van der Waals surface area contributed by atoms with Gasteiger partial charge in [0.1, 0.15) is 0 Å². The molecule has 9 heteroatoms. The van der Waals surface area contributed by atoms with Gasteiger partial charge in [-0.1, -0.05) is 12.1 Å². The summed E-state index contributed by atoms with van der Waals surface area (Å²) in [6, 6.07) is 3.20. The number of benzene rings is 1. The van der Waals surface area contributed by atoms with E-state index in [1.165, 1.54) is 0 Å². The molecule has 0 aromatic heterocycles. The number of hydrogen-bond donors (Lipinski definition) is 1. The molecule has 106 valence electrons. The Labute approximate surface area is 102 Å². The fourth-order valence-corrected chi connectivity index (χ4v) is 1.14. The highest BCUT2D eigenvalue weighted by Crippen LogP contribution is 2.35. The summed E-state index contributed by atoms with van der Waals surface area (Å²) in [6.07, 6.45) is -9.23. The smallest absolute Gasteiger partial charge is 0.320 e. The maximum atomic E-state index is 12.6. The standard InChI is InChI=1S/C10H6F7NO/c11-7(12)9(13,14)8(19)18-6-4-2-1-3-5(6)10(15,16)17/h1-4,7H,(H,18,19). The third kappa shape index (κ3) is 3.36. The lowest BCUT2D eigenvalue weighted by Crippen LogP contribution is -2.41. The van der Waals surface area contributed by atoms with Crippen LogP contribution in [0, 0.1) is 0 Å². The van der Waals surface area contributed by atoms with E-state index in [0.29, 0.717) is 12.1 Å². The zero-order valence-electron chi connectivity index (χ0n) is 8.94. The Morgan fingerprint density at radius 2 is 1.58 bits per heavy atom. The molecule has 2 nitrogen and oxygen atoms in total. The molecule has 0 atom stereocenters. The summed E-state index contributed by atoms with van der Waals surface area (Å²) in [7, 11) is 0. The number of carbonyl (C=O) groups excluding carboxylic acids is 1. The van der Waals surface area contributed by atoms with Crippen LogP contribution in [0.25, 0.3) is 0 Å². The summed E-state index contributed by atoms with van der Waals surface area (Å²) < 4.78 is 86.4. The topological polar surface area (TPSA) is 29.1 Å². The normalized spacial score (nSPS) is 12.6. The fraction of sp³-hybridized carbons (Fsp3) is 0.300. The Morgan fingerprint density at radius 1 is 1.05 bits per heavy atom. The number of anilines is 1. The van der Waals surface area contributed by atoms with Crippen LogP contribution < -0.4 is 5.32 Å². The molecule has 19 heavy (non-hydrogen) atoms. The van der Waals surface area contributed by atoms with Gasteiger partial charge in [-0.05, 0) is 12.1 Å². The van der Waals surface area contributed by atoms with Gasteiger partial charge in [-0.25, -0.2) is 8.78 Å². The molecular weight excluding hydrogens is 283 g/mol. The molecule has 0 radical (unpaired) electrons. The second-order valence-corrected chi connectivity index (χ2v) is 3.42. The van der Waals surface area contributed by atoms with Crippen LogP contribution in [0.5, 0.6) is 0 Å². The van der Waals surface area contributed by atoms with Crippen molar-refractivity contribution in [2.75, 3.05) is 5.32 Å². The highest BCUT2D eigenvalue weighted by molar-refractivity contribution is 5.97. The minimum absolute atomic E-state index is 0.524. The van der Waals surface area contributed by atoms with Crippen molar-refractivity contribution < 1.29 is 35.5 Å². The van der Waals surface area contributed by atoms with Crippen molar-refractivity contribution in [3.63, 3.8) is 0 Å². The van der Waals surface area contributed by atoms with E-state index in [4.69, 9.17) is 0 Å². The number of alkyl halides is 7. The maximum Gasteiger partial charge on any atom is 0.418 e. The average molecular weight is 289 g/mol. The molecule has 1 aromatic rings. The van der Waals surface area contributed by atoms with E-state index in [0.717, 1.165) is 17.4 Å². The van der Waals surface area contributed by atoms with Gasteiger partial charge in [-0.15, -0.1) is 0 Å². The number of carbonyl (C=O) groups is 1. The zero-order valence-corrected chi connectivity index (χ0v) is 8.94. The van der Waals surface area contributed by atoms with Crippen molar-refractivity contribution in [1.82, 2.24) is 0 Å². The minimum Gasteiger partial charge on any atom is -0.320 e. The lowest BCUT2D eigenvalue weighted by Gasteiger charge is -2.17. The van der Waals surface area contributed by atoms with Crippen molar-refractivity contribution in [3.8, 4) is 0 Å². The number of halogens is 7. The Bertz CT molecular complexity index is 469. The monoisotopic (exact) mass is 289 g/mol. The van der Waals surface area contributed by atoms with E-state index in [2.05, 4.69) is 0 Å². The van der Waals surface area contributed by atoms with Crippen molar-refractivity contribution in [1.29, 1.82) is 0 Å². The van der Waals surface area contributed by atoms with Gasteiger partial charge in [0.05, 0.1) is 11.3 Å². The van der Waals surface area contributed by atoms with Crippen molar-refractivity contribution >= 4 is 11.6 Å². The molecule has 0 saturated heterocycles. The predicted molar refractivity (Wildman–Crippen MR) is 51.0 cm³/mol. The Morgan fingerprint density at radius 3 is 2.05 bits per heavy atom. The summed E-state index contributed by atoms with van der Waals surface area (Å²) in [5.74, 6) is -7.57. The van der Waals surface area contributed by atoms with Gasteiger partial charge in [0.2, 0.25) is 0 Å². The molecule has 0 saturated carbocycles. The summed E-state index contributed by atoms with van der Waals surface area (Å²) in [6.45, 7) is 0. The molecule has 0 unspecified atom stereocenters. The highest BCUT2D eigenvalue weighted by atomic mass is 19.4. The second-order valence-electron chi connectivity index (χ2n) is 3.42. The maximum absolute atomic E-state index is 12.6. The number of nitrogens with one attached hydrogen (secondary N) is 1. The zero-order chi connectivity index (χ0) is 14.8. The Hall–Kier alpha value is -1.80. The summed E-state index contributed by atoms with van der Waals surface area (Å²) in [5, 5.41) is 1.15. The van der Waals surface area contributed by atoms with E-state index in [-0.39, 0.29) is 0 Å². The van der Waals surface area contributed by atoms with Gasteiger partial charge in [0.15, 0.2) is 0 Å². The minimum atomic E-state index is -5.07. The SMILES string of the molecule is O=C(Nc1ccccc1C(F)(F)F)C(F)(F)C(F)F. The molecule has 0 aliphatic rings. The van der Waals surface area contributed by atoms with Gasteiger partial charge in [0, 0.05) is 0 Å². The predicted octanol–water partition coefficient (Wildman–Crippen LogP) is 3.54. The summed E-state index contributed by atoms with van der Waals surface area (Å²) >= 11 is 0. The van der Waals surface area contributed by atoms with Gasteiger partial charge in [-0.2, -0.15) is 22.0 Å². The fourth-order valence-electron chi connectivity index (χ4n) is 1.14. The van der Waals surface area contributed by atoms with Gasteiger partial charge in [0.25, 0.3) is 0 Å². The third-order valence-corrected chi connectivity index (χ3v) is 2.06. The van der Waals surface area contributed by atoms with E-state index >= 15 is 0 Å². The van der Waals surface area contributed by atoms with E-state index in [9.17, 15) is 35.5 Å². The summed E-state index contributed by atoms with van der Waals surface area (Å²) in [4.78, 5) is 10.8. The van der Waals surface area contributed by atoms with E-state index in [1.807, 2.05) is 0 Å². The number of amides is 1. The van der Waals surface area contributed by atoms with E-state index < -0.39 is 35.7 Å². The van der Waals surface area contributed by atoms with Crippen LogP contribution in [0.3, 0.4) is 0 Å². The molecule has 1 aromatic carbocycles. The Kier molecular flexibility index (Phi) is 4.06. The molecule has 0 bridgehead atoms. The first-order valence-electron chi connectivity index (χ1n) is 4.70. The van der Waals surface area contributed by atoms with Crippen LogP contribution in [-0.4, -0.2) is 18.3 Å². The molecule has 1 amide bonds. The lowest BCUT2D eigenvalue weighted by atomic mass is 10.1. The first-order chi connectivity index (χ1) is 8.56. The quantitative estimate of drug-likeness (QED) is 0.847. The van der Waals surface area contributed by atoms with Gasteiger partial charge < -0.3 is 5.32 Å². The first kappa shape index (κ1) is 15.3. The van der Waals surface area contributed by atoms with Crippen molar-refractivity contribution in [2.45, 2.75) is 18.5 Å². The molecule has 0 spiro atoms. The van der Waals surface area contributed by atoms with E-state index in [1.54, 1.807) is 0 Å². The van der Waals surface area contributed by atoms with Crippen LogP contribution in [0.2, 0.25) is 0 Å². The Balaban J connectivity index is 3.05. The average Bonchev–Trinajstić information content (AvgIpc) is 2.27. The largest absolute Gasteiger partial charge is 0.418 e. The number of rotatable bonds is 3.